The van der Waals surface area contributed by atoms with E-state index in [0.717, 1.165) is 54.8 Å². The lowest BCUT2D eigenvalue weighted by molar-refractivity contribution is -0.138. The second kappa shape index (κ2) is 13.6. The van der Waals surface area contributed by atoms with Crippen molar-refractivity contribution in [2.24, 2.45) is 5.41 Å². The van der Waals surface area contributed by atoms with E-state index in [1.165, 1.54) is 26.2 Å². The van der Waals surface area contributed by atoms with Crippen molar-refractivity contribution in [2.75, 3.05) is 38.1 Å². The Morgan fingerprint density at radius 2 is 1.65 bits per heavy atom. The minimum Gasteiger partial charge on any atom is -0.370 e. The maximum atomic E-state index is 14.4. The van der Waals surface area contributed by atoms with E-state index in [2.05, 4.69) is 43.1 Å². The first-order chi connectivity index (χ1) is 25.8. The van der Waals surface area contributed by atoms with Crippen LogP contribution in [0.25, 0.3) is 16.9 Å². The smallest absolute Gasteiger partial charge is 0.370 e. The Labute approximate surface area is 317 Å². The van der Waals surface area contributed by atoms with Crippen molar-refractivity contribution in [3.63, 3.8) is 0 Å². The van der Waals surface area contributed by atoms with Gasteiger partial charge in [-0.15, -0.1) is 0 Å². The number of rotatable bonds is 7. The molecule has 3 aliphatic rings. The van der Waals surface area contributed by atoms with E-state index in [0.29, 0.717) is 11.1 Å². The molecule has 54 heavy (non-hydrogen) atoms. The second-order valence-corrected chi connectivity index (χ2v) is 15.5. The lowest BCUT2D eigenvalue weighted by Crippen LogP contribution is -2.71. The van der Waals surface area contributed by atoms with Gasteiger partial charge >= 0.3 is 11.9 Å². The number of anilines is 1. The van der Waals surface area contributed by atoms with Gasteiger partial charge in [0.25, 0.3) is 11.8 Å². The Morgan fingerprint density at radius 1 is 0.944 bits per heavy atom. The molecular formula is C40H37BrF3N7O3. The molecule has 5 aromatic rings. The molecule has 10 nitrogen and oxygen atoms in total. The second-order valence-electron chi connectivity index (χ2n) is 14.6. The largest absolute Gasteiger partial charge is 0.417 e. The van der Waals surface area contributed by atoms with Crippen LogP contribution in [0.3, 0.4) is 0 Å². The van der Waals surface area contributed by atoms with Gasteiger partial charge in [0.15, 0.2) is 0 Å². The normalized spacial score (nSPS) is 17.9. The Hall–Kier alpha value is -5.21. The first-order valence-electron chi connectivity index (χ1n) is 17.7. The molecule has 3 aromatic carbocycles. The summed E-state index contributed by atoms with van der Waals surface area (Å²) in [6.07, 6.45) is -2.98. The standard InChI is InChI=1S/C40H37BrF3N7O3/c1-25-19-50-34(20-49(25)37(53)26-10-15-32(41)31(17-26)40(42,43)44)35(36(52)46-18-27-7-3-4-8-30(27)33-9-5-6-16-45-33)51(38(50)54)29-13-11-28(12-14-29)48-23-39(24-48)21-47(2)22-39/h3-17,25H,18-24H2,1-2H3,(H,46,52)/t25-/m0/s1. The van der Waals surface area contributed by atoms with Crippen LogP contribution in [0.1, 0.15) is 44.6 Å². The zero-order valence-corrected chi connectivity index (χ0v) is 31.2. The molecule has 0 aliphatic carbocycles. The van der Waals surface area contributed by atoms with Gasteiger partial charge in [-0.05, 0) is 74.1 Å². The average molecular weight is 801 g/mol. The molecule has 2 saturated heterocycles. The van der Waals surface area contributed by atoms with Gasteiger partial charge in [-0.2, -0.15) is 13.2 Å². The lowest BCUT2D eigenvalue weighted by atomic mass is 9.73. The summed E-state index contributed by atoms with van der Waals surface area (Å²) in [6, 6.07) is 23.5. The monoisotopic (exact) mass is 799 g/mol. The first-order valence-corrected chi connectivity index (χ1v) is 18.4. The summed E-state index contributed by atoms with van der Waals surface area (Å²) in [6.45, 7) is 5.77. The van der Waals surface area contributed by atoms with Crippen LogP contribution in [-0.4, -0.2) is 75.0 Å². The zero-order valence-electron chi connectivity index (χ0n) is 29.6. The summed E-state index contributed by atoms with van der Waals surface area (Å²) in [7, 11) is 2.12. The predicted molar refractivity (Wildman–Crippen MR) is 201 cm³/mol. The number of pyridine rings is 1. The van der Waals surface area contributed by atoms with E-state index >= 15 is 0 Å². The number of alkyl halides is 3. The third kappa shape index (κ3) is 6.40. The number of halogens is 4. The number of hydrogen-bond acceptors (Lipinski definition) is 6. The molecule has 0 bridgehead atoms. The molecule has 1 spiro atoms. The van der Waals surface area contributed by atoms with Crippen LogP contribution in [0.5, 0.6) is 0 Å². The molecular weight excluding hydrogens is 763 g/mol. The van der Waals surface area contributed by atoms with Crippen molar-refractivity contribution in [1.82, 2.24) is 29.2 Å². The number of fused-ring (bicyclic) bond motifs is 1. The van der Waals surface area contributed by atoms with Gasteiger partial charge in [-0.25, -0.2) is 4.79 Å². The SMILES string of the molecule is C[C@H]1Cn2c(c(C(=O)NCc3ccccc3-c3ccccn3)n(-c3ccc(N4CC5(CN(C)C5)C4)cc3)c2=O)CN1C(=O)c1ccc(Br)c(C(F)(F)F)c1. The van der Waals surface area contributed by atoms with Crippen molar-refractivity contribution < 1.29 is 22.8 Å². The van der Waals surface area contributed by atoms with Crippen LogP contribution in [0.15, 0.2) is 100 Å². The molecule has 2 fully saturated rings. The lowest BCUT2D eigenvalue weighted by Gasteiger charge is -2.60. The topological polar surface area (TPSA) is 95.7 Å². The summed E-state index contributed by atoms with van der Waals surface area (Å²) in [5.41, 5.74) is 3.00. The summed E-state index contributed by atoms with van der Waals surface area (Å²) < 4.78 is 44.1. The first kappa shape index (κ1) is 35.8. The van der Waals surface area contributed by atoms with Crippen molar-refractivity contribution in [3.8, 4) is 16.9 Å². The van der Waals surface area contributed by atoms with Gasteiger partial charge in [0.05, 0.1) is 29.2 Å². The molecule has 0 radical (unpaired) electrons. The highest BCUT2D eigenvalue weighted by Gasteiger charge is 2.50. The quantitative estimate of drug-likeness (QED) is 0.211. The third-order valence-electron chi connectivity index (χ3n) is 10.7. The van der Waals surface area contributed by atoms with Gasteiger partial charge in [0.2, 0.25) is 0 Å². The highest BCUT2D eigenvalue weighted by atomic mass is 79.9. The Balaban J connectivity index is 1.14. The summed E-state index contributed by atoms with van der Waals surface area (Å²) in [4.78, 5) is 53.0. The molecule has 1 N–H and O–H groups in total. The molecule has 5 heterocycles. The number of nitrogens with zero attached hydrogens (tertiary/aromatic N) is 6. The van der Waals surface area contributed by atoms with E-state index in [-0.39, 0.29) is 41.1 Å². The number of carbonyl (C=O) groups excluding carboxylic acids is 2. The molecule has 3 aliphatic heterocycles. The summed E-state index contributed by atoms with van der Waals surface area (Å²) in [5, 5.41) is 3.00. The minimum atomic E-state index is -4.68. The van der Waals surface area contributed by atoms with Gasteiger partial charge in [0, 0.05) is 78.2 Å². The van der Waals surface area contributed by atoms with E-state index in [1.807, 2.05) is 66.7 Å². The maximum absolute atomic E-state index is 14.4. The molecule has 2 aromatic heterocycles. The molecule has 14 heteroatoms. The molecule has 278 valence electrons. The van der Waals surface area contributed by atoms with E-state index in [9.17, 15) is 27.6 Å². The number of imidazole rings is 1. The van der Waals surface area contributed by atoms with E-state index in [4.69, 9.17) is 0 Å². The number of amides is 2. The minimum absolute atomic E-state index is 0.0424. The fourth-order valence-corrected chi connectivity index (χ4v) is 8.64. The van der Waals surface area contributed by atoms with E-state index < -0.39 is 35.3 Å². The molecule has 2 amide bonds. The molecule has 1 atom stereocenters. The van der Waals surface area contributed by atoms with Gasteiger partial charge < -0.3 is 20.0 Å². The number of aromatic nitrogens is 3. The number of benzene rings is 3. The highest BCUT2D eigenvalue weighted by molar-refractivity contribution is 9.10. The number of nitrogens with one attached hydrogen (secondary N) is 1. The fourth-order valence-electron chi connectivity index (χ4n) is 8.17. The third-order valence-corrected chi connectivity index (χ3v) is 11.4. The van der Waals surface area contributed by atoms with Crippen molar-refractivity contribution in [1.29, 1.82) is 0 Å². The molecule has 0 saturated carbocycles. The Bertz CT molecular complexity index is 2310. The van der Waals surface area contributed by atoms with Crippen LogP contribution in [0.2, 0.25) is 0 Å². The highest BCUT2D eigenvalue weighted by Crippen LogP contribution is 2.41. The average Bonchev–Trinajstić information content (AvgIpc) is 3.41. The van der Waals surface area contributed by atoms with Crippen LogP contribution < -0.4 is 15.9 Å². The molecule has 0 unspecified atom stereocenters. The number of likely N-dealkylation sites (tertiary alicyclic amines) is 1. The van der Waals surface area contributed by atoms with Crippen LogP contribution in [-0.2, 0) is 25.8 Å². The summed E-state index contributed by atoms with van der Waals surface area (Å²) >= 11 is 2.95. The number of hydrogen-bond donors (Lipinski definition) is 1. The van der Waals surface area contributed by atoms with Crippen LogP contribution in [0.4, 0.5) is 18.9 Å². The van der Waals surface area contributed by atoms with Crippen molar-refractivity contribution in [3.05, 3.63) is 134 Å². The van der Waals surface area contributed by atoms with Gasteiger partial charge in [0.1, 0.15) is 5.69 Å². The fraction of sp³-hybridized carbons (Fsp3) is 0.300. The van der Waals surface area contributed by atoms with Crippen molar-refractivity contribution in [2.45, 2.75) is 38.8 Å². The van der Waals surface area contributed by atoms with Gasteiger partial charge in [-0.1, -0.05) is 46.3 Å². The van der Waals surface area contributed by atoms with Crippen LogP contribution >= 0.6 is 15.9 Å². The van der Waals surface area contributed by atoms with Crippen molar-refractivity contribution >= 4 is 33.4 Å². The maximum Gasteiger partial charge on any atom is 0.417 e. The Kier molecular flexibility index (Phi) is 9.00. The van der Waals surface area contributed by atoms with E-state index in [1.54, 1.807) is 13.1 Å². The number of carbonyl (C=O) groups is 2. The zero-order chi connectivity index (χ0) is 37.9. The Morgan fingerprint density at radius 3 is 2.33 bits per heavy atom. The molecule has 8 rings (SSSR count). The predicted octanol–water partition coefficient (Wildman–Crippen LogP) is 6.21. The van der Waals surface area contributed by atoms with Crippen LogP contribution in [0, 0.1) is 5.41 Å². The summed E-state index contributed by atoms with van der Waals surface area (Å²) in [5.74, 6) is -1.18. The van der Waals surface area contributed by atoms with Gasteiger partial charge in [-0.3, -0.25) is 23.7 Å².